The number of Topliss-reactive ketones (excluding diaryl/α,β-unsaturated/α-hetero) is 1. The average molecular weight is 482 g/mol. The molecular formula is C26H21Cl2NO4. The lowest BCUT2D eigenvalue weighted by Crippen LogP contribution is -2.32. The third kappa shape index (κ3) is 4.20. The fraction of sp³-hybridized carbons (Fsp3) is 0.192. The first-order valence-corrected chi connectivity index (χ1v) is 11.2. The number of methoxy groups -OCH3 is 1. The number of benzene rings is 3. The number of halogens is 2. The molecule has 7 heteroatoms. The second-order valence-corrected chi connectivity index (χ2v) is 8.92. The van der Waals surface area contributed by atoms with E-state index in [9.17, 15) is 4.79 Å². The SMILES string of the molecule is COc1ccc(CN2COc3c(cc4c(c3C)O/C(=C\c3ccc(Cl)cc3Cl)C4=O)C2)cc1. The molecule has 2 aliphatic rings. The molecule has 5 rings (SSSR count). The molecule has 2 heterocycles. The highest BCUT2D eigenvalue weighted by Crippen LogP contribution is 2.43. The quantitative estimate of drug-likeness (QED) is 0.410. The highest BCUT2D eigenvalue weighted by atomic mass is 35.5. The van der Waals surface area contributed by atoms with Crippen LogP contribution >= 0.6 is 23.2 Å². The number of carbonyl (C=O) groups is 1. The van der Waals surface area contributed by atoms with Crippen LogP contribution in [0.25, 0.3) is 6.08 Å². The minimum absolute atomic E-state index is 0.172. The van der Waals surface area contributed by atoms with Crippen LogP contribution in [-0.4, -0.2) is 24.5 Å². The second kappa shape index (κ2) is 8.75. The molecule has 33 heavy (non-hydrogen) atoms. The van der Waals surface area contributed by atoms with E-state index >= 15 is 0 Å². The molecule has 5 nitrogen and oxygen atoms in total. The maximum atomic E-state index is 13.1. The molecule has 0 fully saturated rings. The smallest absolute Gasteiger partial charge is 0.231 e. The maximum absolute atomic E-state index is 13.1. The monoisotopic (exact) mass is 481 g/mol. The van der Waals surface area contributed by atoms with Crippen molar-refractivity contribution in [1.29, 1.82) is 0 Å². The summed E-state index contributed by atoms with van der Waals surface area (Å²) >= 11 is 12.3. The Bertz CT molecular complexity index is 1280. The van der Waals surface area contributed by atoms with E-state index in [1.165, 1.54) is 0 Å². The van der Waals surface area contributed by atoms with Crippen LogP contribution in [-0.2, 0) is 13.1 Å². The van der Waals surface area contributed by atoms with E-state index in [0.717, 1.165) is 34.7 Å². The van der Waals surface area contributed by atoms with Crippen LogP contribution in [0.1, 0.15) is 32.6 Å². The van der Waals surface area contributed by atoms with Crippen molar-refractivity contribution in [3.63, 3.8) is 0 Å². The predicted octanol–water partition coefficient (Wildman–Crippen LogP) is 6.28. The van der Waals surface area contributed by atoms with Crippen LogP contribution in [0.5, 0.6) is 17.2 Å². The molecule has 168 valence electrons. The van der Waals surface area contributed by atoms with E-state index in [1.807, 2.05) is 37.3 Å². The number of allylic oxidation sites excluding steroid dienone is 1. The van der Waals surface area contributed by atoms with E-state index < -0.39 is 0 Å². The van der Waals surface area contributed by atoms with E-state index in [2.05, 4.69) is 4.90 Å². The van der Waals surface area contributed by atoms with Gasteiger partial charge in [0.25, 0.3) is 0 Å². The number of carbonyl (C=O) groups excluding carboxylic acids is 1. The van der Waals surface area contributed by atoms with Gasteiger partial charge in [-0.1, -0.05) is 41.4 Å². The topological polar surface area (TPSA) is 48.0 Å². The van der Waals surface area contributed by atoms with Crippen molar-refractivity contribution < 1.29 is 19.0 Å². The van der Waals surface area contributed by atoms with E-state index in [1.54, 1.807) is 31.4 Å². The Morgan fingerprint density at radius 2 is 1.88 bits per heavy atom. The Labute approximate surface area is 202 Å². The fourth-order valence-corrected chi connectivity index (χ4v) is 4.61. The lowest BCUT2D eigenvalue weighted by Gasteiger charge is -2.30. The molecule has 0 unspecified atom stereocenters. The van der Waals surface area contributed by atoms with Crippen molar-refractivity contribution in [2.24, 2.45) is 0 Å². The van der Waals surface area contributed by atoms with Crippen molar-refractivity contribution >= 4 is 35.1 Å². The standard InChI is InChI=1S/C26H21Cl2NO4/c1-15-25-18(13-29(14-32-25)12-16-3-7-20(31-2)8-4-16)9-21-24(30)23(33-26(15)21)10-17-5-6-19(27)11-22(17)28/h3-11H,12-14H2,1-2H3/b23-10-. The lowest BCUT2D eigenvalue weighted by molar-refractivity contribution is 0.0876. The highest BCUT2D eigenvalue weighted by Gasteiger charge is 2.33. The Morgan fingerprint density at radius 3 is 2.61 bits per heavy atom. The summed E-state index contributed by atoms with van der Waals surface area (Å²) in [5.41, 5.74) is 4.16. The van der Waals surface area contributed by atoms with Gasteiger partial charge in [-0.25, -0.2) is 0 Å². The summed E-state index contributed by atoms with van der Waals surface area (Å²) in [7, 11) is 1.65. The van der Waals surface area contributed by atoms with Gasteiger partial charge < -0.3 is 14.2 Å². The van der Waals surface area contributed by atoms with Crippen molar-refractivity contribution in [1.82, 2.24) is 4.90 Å². The third-order valence-corrected chi connectivity index (χ3v) is 6.38. The molecular weight excluding hydrogens is 461 g/mol. The second-order valence-electron chi connectivity index (χ2n) is 8.08. The number of fused-ring (bicyclic) bond motifs is 2. The average Bonchev–Trinajstić information content (AvgIpc) is 3.12. The fourth-order valence-electron chi connectivity index (χ4n) is 4.15. The van der Waals surface area contributed by atoms with Crippen molar-refractivity contribution in [2.75, 3.05) is 13.8 Å². The summed E-state index contributed by atoms with van der Waals surface area (Å²) in [4.78, 5) is 15.3. The van der Waals surface area contributed by atoms with Crippen LogP contribution in [0.2, 0.25) is 10.0 Å². The molecule has 0 atom stereocenters. The zero-order chi connectivity index (χ0) is 23.1. The number of rotatable bonds is 4. The summed E-state index contributed by atoms with van der Waals surface area (Å²) in [5, 5.41) is 0.986. The van der Waals surface area contributed by atoms with Gasteiger partial charge in [-0.05, 0) is 54.5 Å². The maximum Gasteiger partial charge on any atom is 0.231 e. The van der Waals surface area contributed by atoms with Gasteiger partial charge in [-0.3, -0.25) is 9.69 Å². The molecule has 0 saturated heterocycles. The minimum atomic E-state index is -0.172. The van der Waals surface area contributed by atoms with Crippen LogP contribution in [0.15, 0.2) is 54.3 Å². The van der Waals surface area contributed by atoms with Crippen molar-refractivity contribution in [3.05, 3.63) is 92.2 Å². The summed E-state index contributed by atoms with van der Waals surface area (Å²) in [5.74, 6) is 2.20. The molecule has 0 N–H and O–H groups in total. The summed E-state index contributed by atoms with van der Waals surface area (Å²) in [6.07, 6.45) is 1.65. The molecule has 0 amide bonds. The molecule has 3 aromatic carbocycles. The zero-order valence-electron chi connectivity index (χ0n) is 18.2. The third-order valence-electron chi connectivity index (χ3n) is 5.82. The summed E-state index contributed by atoms with van der Waals surface area (Å²) in [6, 6.07) is 15.0. The number of hydrogen-bond donors (Lipinski definition) is 0. The highest BCUT2D eigenvalue weighted by molar-refractivity contribution is 6.35. The van der Waals surface area contributed by atoms with Gasteiger partial charge in [-0.15, -0.1) is 0 Å². The largest absolute Gasteiger partial charge is 0.497 e. The first-order chi connectivity index (χ1) is 15.9. The normalized spacial score (nSPS) is 16.2. The first kappa shape index (κ1) is 21.8. The van der Waals surface area contributed by atoms with Gasteiger partial charge in [0.2, 0.25) is 5.78 Å². The van der Waals surface area contributed by atoms with E-state index in [-0.39, 0.29) is 11.5 Å². The van der Waals surface area contributed by atoms with Gasteiger partial charge in [0, 0.05) is 34.3 Å². The number of nitrogens with zero attached hydrogens (tertiary/aromatic N) is 1. The molecule has 2 aliphatic heterocycles. The molecule has 0 aromatic heterocycles. The van der Waals surface area contributed by atoms with Crippen molar-refractivity contribution in [3.8, 4) is 17.2 Å². The Balaban J connectivity index is 1.40. The van der Waals surface area contributed by atoms with Gasteiger partial charge >= 0.3 is 0 Å². The van der Waals surface area contributed by atoms with Crippen LogP contribution in [0.3, 0.4) is 0 Å². The molecule has 0 saturated carbocycles. The van der Waals surface area contributed by atoms with Crippen LogP contribution < -0.4 is 14.2 Å². The molecule has 0 bridgehead atoms. The number of ether oxygens (including phenoxy) is 3. The number of hydrogen-bond acceptors (Lipinski definition) is 5. The number of ketones is 1. The minimum Gasteiger partial charge on any atom is -0.497 e. The van der Waals surface area contributed by atoms with Crippen LogP contribution in [0.4, 0.5) is 0 Å². The van der Waals surface area contributed by atoms with Gasteiger partial charge in [-0.2, -0.15) is 0 Å². The van der Waals surface area contributed by atoms with Crippen LogP contribution in [0, 0.1) is 6.92 Å². The Hall–Kier alpha value is -2.99. The van der Waals surface area contributed by atoms with E-state index in [0.29, 0.717) is 40.2 Å². The predicted molar refractivity (Wildman–Crippen MR) is 128 cm³/mol. The van der Waals surface area contributed by atoms with Gasteiger partial charge in [0.05, 0.1) is 12.7 Å². The summed E-state index contributed by atoms with van der Waals surface area (Å²) < 4.78 is 17.3. The van der Waals surface area contributed by atoms with E-state index in [4.69, 9.17) is 37.4 Å². The molecule has 0 spiro atoms. The summed E-state index contributed by atoms with van der Waals surface area (Å²) in [6.45, 7) is 3.77. The Kier molecular flexibility index (Phi) is 5.79. The Morgan fingerprint density at radius 1 is 1.09 bits per heavy atom. The molecule has 0 aliphatic carbocycles. The van der Waals surface area contributed by atoms with Crippen molar-refractivity contribution in [2.45, 2.75) is 20.0 Å². The molecule has 3 aromatic rings. The van der Waals surface area contributed by atoms with Gasteiger partial charge in [0.15, 0.2) is 5.76 Å². The molecule has 0 radical (unpaired) electrons. The zero-order valence-corrected chi connectivity index (χ0v) is 19.7. The first-order valence-electron chi connectivity index (χ1n) is 10.5. The van der Waals surface area contributed by atoms with Gasteiger partial charge in [0.1, 0.15) is 24.0 Å². The lowest BCUT2D eigenvalue weighted by atomic mass is 10.00.